The van der Waals surface area contributed by atoms with Crippen molar-refractivity contribution in [2.75, 3.05) is 5.32 Å². The summed E-state index contributed by atoms with van der Waals surface area (Å²) >= 11 is 0. The van der Waals surface area contributed by atoms with E-state index >= 15 is 0 Å². The van der Waals surface area contributed by atoms with Crippen molar-refractivity contribution in [3.63, 3.8) is 0 Å². The van der Waals surface area contributed by atoms with Crippen molar-refractivity contribution in [3.05, 3.63) is 114 Å². The number of amides is 1. The Hall–Kier alpha value is -4.34. The second-order valence-corrected chi connectivity index (χ2v) is 9.79. The van der Waals surface area contributed by atoms with Gasteiger partial charge in [0.05, 0.1) is 10.8 Å². The number of nitrogens with two attached hydrogens (primary N) is 2. The average molecular weight is 500 g/mol. The van der Waals surface area contributed by atoms with E-state index in [1.54, 1.807) is 73.1 Å². The first kappa shape index (κ1) is 24.8. The molecule has 1 aromatic heterocycles. The van der Waals surface area contributed by atoms with E-state index in [-0.39, 0.29) is 16.6 Å². The van der Waals surface area contributed by atoms with E-state index in [9.17, 15) is 13.2 Å². The average Bonchev–Trinajstić information content (AvgIpc) is 2.88. The monoisotopic (exact) mass is 499 g/mol. The summed E-state index contributed by atoms with van der Waals surface area (Å²) < 4.78 is 23.9. The van der Waals surface area contributed by atoms with Gasteiger partial charge in [0, 0.05) is 29.2 Å². The maximum absolute atomic E-state index is 13.4. The second-order valence-electron chi connectivity index (χ2n) is 8.26. The van der Waals surface area contributed by atoms with Crippen LogP contribution in [0.3, 0.4) is 0 Å². The van der Waals surface area contributed by atoms with E-state index in [2.05, 4.69) is 10.3 Å². The Bertz CT molecular complexity index is 1500. The lowest BCUT2D eigenvalue weighted by Crippen LogP contribution is -2.23. The fourth-order valence-corrected chi connectivity index (χ4v) is 4.72. The minimum Gasteiger partial charge on any atom is -0.384 e. The van der Waals surface area contributed by atoms with E-state index in [1.807, 2.05) is 18.2 Å². The lowest BCUT2D eigenvalue weighted by atomic mass is 9.91. The van der Waals surface area contributed by atoms with Crippen molar-refractivity contribution >= 4 is 27.5 Å². The van der Waals surface area contributed by atoms with Crippen molar-refractivity contribution in [1.82, 2.24) is 4.98 Å². The van der Waals surface area contributed by atoms with Crippen LogP contribution in [0, 0.1) is 5.41 Å². The standard InChI is InChI=1S/C27H25N5O3S/c28-26(29)20-6-3-5-18(15-20)16-24(21-7-4-14-31-17-21)27(33)32-22-12-10-19(11-13-22)23-8-1-2-9-25(23)36(30,34)35/h1-15,17,24H,16H2,(H3,28,29)(H,32,33)(H2,30,34,35). The van der Waals surface area contributed by atoms with Gasteiger partial charge in [-0.2, -0.15) is 0 Å². The van der Waals surface area contributed by atoms with Gasteiger partial charge in [-0.05, 0) is 53.4 Å². The van der Waals surface area contributed by atoms with Crippen LogP contribution in [-0.2, 0) is 21.2 Å². The van der Waals surface area contributed by atoms with Gasteiger partial charge in [0.25, 0.3) is 0 Å². The lowest BCUT2D eigenvalue weighted by molar-refractivity contribution is -0.117. The van der Waals surface area contributed by atoms with Crippen molar-refractivity contribution in [2.24, 2.45) is 10.9 Å². The normalized spacial score (nSPS) is 12.0. The highest BCUT2D eigenvalue weighted by atomic mass is 32.2. The van der Waals surface area contributed by atoms with E-state index in [0.29, 0.717) is 28.8 Å². The molecule has 4 aromatic rings. The molecule has 0 aliphatic carbocycles. The quantitative estimate of drug-likeness (QED) is 0.215. The lowest BCUT2D eigenvalue weighted by Gasteiger charge is -2.18. The van der Waals surface area contributed by atoms with Crippen molar-refractivity contribution in [3.8, 4) is 11.1 Å². The molecule has 0 aliphatic rings. The largest absolute Gasteiger partial charge is 0.384 e. The van der Waals surface area contributed by atoms with Crippen LogP contribution >= 0.6 is 0 Å². The Morgan fingerprint density at radius 2 is 1.72 bits per heavy atom. The van der Waals surface area contributed by atoms with Gasteiger partial charge >= 0.3 is 0 Å². The molecule has 9 heteroatoms. The smallest absolute Gasteiger partial charge is 0.238 e. The topological polar surface area (TPSA) is 152 Å². The Balaban J connectivity index is 1.59. The van der Waals surface area contributed by atoms with Crippen LogP contribution < -0.4 is 16.2 Å². The molecule has 0 radical (unpaired) electrons. The number of rotatable bonds is 8. The summed E-state index contributed by atoms with van der Waals surface area (Å²) in [6.45, 7) is 0. The number of carbonyl (C=O) groups is 1. The molecule has 1 amide bonds. The maximum atomic E-state index is 13.4. The third-order valence-corrected chi connectivity index (χ3v) is 6.71. The highest BCUT2D eigenvalue weighted by Gasteiger charge is 2.22. The first-order valence-electron chi connectivity index (χ1n) is 11.1. The van der Waals surface area contributed by atoms with Gasteiger partial charge in [-0.15, -0.1) is 0 Å². The van der Waals surface area contributed by atoms with Crippen LogP contribution in [0.4, 0.5) is 5.69 Å². The van der Waals surface area contributed by atoms with Gasteiger partial charge in [0.1, 0.15) is 5.84 Å². The number of benzene rings is 3. The van der Waals surface area contributed by atoms with E-state index < -0.39 is 15.9 Å². The van der Waals surface area contributed by atoms with Crippen LogP contribution in [0.1, 0.15) is 22.6 Å². The zero-order valence-electron chi connectivity index (χ0n) is 19.3. The molecule has 8 nitrogen and oxygen atoms in total. The highest BCUT2D eigenvalue weighted by Crippen LogP contribution is 2.28. The molecule has 3 aromatic carbocycles. The molecule has 0 aliphatic heterocycles. The summed E-state index contributed by atoms with van der Waals surface area (Å²) in [4.78, 5) is 17.6. The number of carbonyl (C=O) groups excluding carboxylic acids is 1. The highest BCUT2D eigenvalue weighted by molar-refractivity contribution is 7.89. The third-order valence-electron chi connectivity index (χ3n) is 5.74. The van der Waals surface area contributed by atoms with Crippen molar-refractivity contribution in [1.29, 1.82) is 5.41 Å². The maximum Gasteiger partial charge on any atom is 0.238 e. The van der Waals surface area contributed by atoms with E-state index in [0.717, 1.165) is 11.1 Å². The Morgan fingerprint density at radius 3 is 2.39 bits per heavy atom. The number of aromatic nitrogens is 1. The minimum absolute atomic E-state index is 0.0335. The summed E-state index contributed by atoms with van der Waals surface area (Å²) in [6.07, 6.45) is 3.69. The van der Waals surface area contributed by atoms with Gasteiger partial charge in [-0.25, -0.2) is 13.6 Å². The van der Waals surface area contributed by atoms with Gasteiger partial charge in [0.2, 0.25) is 15.9 Å². The Morgan fingerprint density at radius 1 is 0.972 bits per heavy atom. The van der Waals surface area contributed by atoms with Crippen LogP contribution in [-0.4, -0.2) is 25.1 Å². The number of nitrogens with zero attached hydrogens (tertiary/aromatic N) is 1. The molecule has 1 atom stereocenters. The van der Waals surface area contributed by atoms with E-state index in [1.165, 1.54) is 6.07 Å². The third kappa shape index (κ3) is 5.83. The number of anilines is 1. The van der Waals surface area contributed by atoms with Gasteiger partial charge < -0.3 is 11.1 Å². The molecule has 0 spiro atoms. The number of primary sulfonamides is 1. The SMILES string of the molecule is N=C(N)c1cccc(CC(C(=O)Nc2ccc(-c3ccccc3S(N)(=O)=O)cc2)c2cccnc2)c1. The molecule has 0 saturated carbocycles. The molecule has 0 saturated heterocycles. The predicted octanol–water partition coefficient (Wildman–Crippen LogP) is 3.65. The van der Waals surface area contributed by atoms with Gasteiger partial charge in [0.15, 0.2) is 0 Å². The molecular weight excluding hydrogens is 474 g/mol. The number of sulfonamides is 1. The molecular formula is C27H25N5O3S. The van der Waals surface area contributed by atoms with Gasteiger partial charge in [-0.3, -0.25) is 15.2 Å². The number of hydrogen-bond acceptors (Lipinski definition) is 5. The summed E-state index contributed by atoms with van der Waals surface area (Å²) in [5.74, 6) is -0.805. The number of nitrogens with one attached hydrogen (secondary N) is 2. The van der Waals surface area contributed by atoms with Gasteiger partial charge in [-0.1, -0.05) is 54.6 Å². The number of pyridine rings is 1. The molecule has 0 fully saturated rings. The number of amidine groups is 1. The predicted molar refractivity (Wildman–Crippen MR) is 140 cm³/mol. The first-order chi connectivity index (χ1) is 17.2. The molecule has 1 unspecified atom stereocenters. The molecule has 4 rings (SSSR count). The minimum atomic E-state index is -3.89. The Labute approximate surface area is 209 Å². The first-order valence-corrected chi connectivity index (χ1v) is 12.6. The summed E-state index contributed by atoms with van der Waals surface area (Å²) in [5.41, 5.74) is 9.53. The van der Waals surface area contributed by atoms with Crippen LogP contribution in [0.25, 0.3) is 11.1 Å². The summed E-state index contributed by atoms with van der Waals surface area (Å²) in [7, 11) is -3.89. The van der Waals surface area contributed by atoms with Crippen molar-refractivity contribution < 1.29 is 13.2 Å². The fourth-order valence-electron chi connectivity index (χ4n) is 3.96. The second kappa shape index (κ2) is 10.5. The molecule has 1 heterocycles. The molecule has 36 heavy (non-hydrogen) atoms. The zero-order chi connectivity index (χ0) is 25.7. The Kier molecular flexibility index (Phi) is 7.23. The van der Waals surface area contributed by atoms with E-state index in [4.69, 9.17) is 16.3 Å². The molecule has 0 bridgehead atoms. The number of nitrogen functional groups attached to an aromatic ring is 1. The summed E-state index contributed by atoms with van der Waals surface area (Å²) in [5, 5.41) is 16.0. The van der Waals surface area contributed by atoms with Crippen LogP contribution in [0.15, 0.2) is 102 Å². The number of hydrogen-bond donors (Lipinski definition) is 4. The summed E-state index contributed by atoms with van der Waals surface area (Å²) in [6, 6.07) is 24.2. The van der Waals surface area contributed by atoms with Crippen LogP contribution in [0.2, 0.25) is 0 Å². The van der Waals surface area contributed by atoms with Crippen molar-refractivity contribution in [2.45, 2.75) is 17.2 Å². The molecule has 6 N–H and O–H groups in total. The van der Waals surface area contributed by atoms with Crippen LogP contribution in [0.5, 0.6) is 0 Å². The zero-order valence-corrected chi connectivity index (χ0v) is 20.1. The fraction of sp³-hybridized carbons (Fsp3) is 0.0741. The molecule has 182 valence electrons.